The Morgan fingerprint density at radius 3 is 2.38 bits per heavy atom. The molecule has 1 aromatic carbocycles. The number of likely N-dealkylation sites (N-methyl/N-ethyl adjacent to an activating group) is 2. The minimum atomic E-state index is -0.205. The van der Waals surface area contributed by atoms with Gasteiger partial charge in [0.2, 0.25) is 5.91 Å². The molecular weight excluding hydrogens is 206 g/mol. The van der Waals surface area contributed by atoms with Gasteiger partial charge in [-0.15, -0.1) is 0 Å². The Hall–Kier alpha value is -2.04. The van der Waals surface area contributed by atoms with E-state index in [1.54, 1.807) is 31.3 Å². The SMILES string of the molecule is CNC(=O)CN(C)C(=O)c1ccc(N)cc1. The van der Waals surface area contributed by atoms with Crippen molar-refractivity contribution in [2.75, 3.05) is 26.4 Å². The summed E-state index contributed by atoms with van der Waals surface area (Å²) in [7, 11) is 3.11. The lowest BCUT2D eigenvalue weighted by atomic mass is 10.2. The number of hydrogen-bond acceptors (Lipinski definition) is 3. The Morgan fingerprint density at radius 1 is 1.31 bits per heavy atom. The maximum absolute atomic E-state index is 11.8. The number of hydrogen-bond donors (Lipinski definition) is 2. The quantitative estimate of drug-likeness (QED) is 0.710. The first-order chi connectivity index (χ1) is 7.54. The smallest absolute Gasteiger partial charge is 0.254 e. The summed E-state index contributed by atoms with van der Waals surface area (Å²) in [5.41, 5.74) is 6.63. The molecule has 3 N–H and O–H groups in total. The van der Waals surface area contributed by atoms with Crippen LogP contribution in [0.15, 0.2) is 24.3 Å². The standard InChI is InChI=1S/C11H15N3O2/c1-13-10(15)7-14(2)11(16)8-3-5-9(12)6-4-8/h3-6H,7,12H2,1-2H3,(H,13,15). The highest BCUT2D eigenvalue weighted by Gasteiger charge is 2.13. The fourth-order valence-corrected chi connectivity index (χ4v) is 1.21. The third-order valence-corrected chi connectivity index (χ3v) is 2.16. The van der Waals surface area contributed by atoms with Gasteiger partial charge in [0.25, 0.3) is 5.91 Å². The number of nitrogens with one attached hydrogen (secondary N) is 1. The van der Waals surface area contributed by atoms with Crippen LogP contribution < -0.4 is 11.1 Å². The van der Waals surface area contributed by atoms with E-state index in [1.165, 1.54) is 11.9 Å². The predicted molar refractivity (Wildman–Crippen MR) is 61.9 cm³/mol. The number of nitrogen functional groups attached to an aromatic ring is 1. The van der Waals surface area contributed by atoms with E-state index in [4.69, 9.17) is 5.73 Å². The Balaban J connectivity index is 2.70. The molecule has 16 heavy (non-hydrogen) atoms. The van der Waals surface area contributed by atoms with Crippen LogP contribution in [0.25, 0.3) is 0 Å². The molecule has 0 heterocycles. The molecule has 5 nitrogen and oxygen atoms in total. The minimum absolute atomic E-state index is 0.0414. The molecule has 0 aliphatic carbocycles. The first-order valence-electron chi connectivity index (χ1n) is 4.86. The number of benzene rings is 1. The molecule has 0 atom stereocenters. The number of amides is 2. The summed E-state index contributed by atoms with van der Waals surface area (Å²) in [5.74, 6) is -0.408. The van der Waals surface area contributed by atoms with Gasteiger partial charge in [-0.05, 0) is 24.3 Å². The molecule has 0 saturated heterocycles. The van der Waals surface area contributed by atoms with Gasteiger partial charge < -0.3 is 16.0 Å². The molecule has 86 valence electrons. The Labute approximate surface area is 94.2 Å². The molecular formula is C11H15N3O2. The van der Waals surface area contributed by atoms with Crippen molar-refractivity contribution in [3.8, 4) is 0 Å². The van der Waals surface area contributed by atoms with Crippen LogP contribution in [-0.4, -0.2) is 37.4 Å². The van der Waals surface area contributed by atoms with Gasteiger partial charge in [-0.25, -0.2) is 0 Å². The molecule has 0 saturated carbocycles. The normalized spacial score (nSPS) is 9.62. The lowest BCUT2D eigenvalue weighted by Gasteiger charge is -2.16. The molecule has 0 aliphatic heterocycles. The van der Waals surface area contributed by atoms with E-state index < -0.39 is 0 Å². The van der Waals surface area contributed by atoms with Crippen LogP contribution >= 0.6 is 0 Å². The summed E-state index contributed by atoms with van der Waals surface area (Å²) in [6, 6.07) is 6.58. The lowest BCUT2D eigenvalue weighted by Crippen LogP contribution is -2.36. The van der Waals surface area contributed by atoms with E-state index >= 15 is 0 Å². The van der Waals surface area contributed by atoms with Gasteiger partial charge in [0, 0.05) is 25.3 Å². The van der Waals surface area contributed by atoms with Crippen LogP contribution in [0.3, 0.4) is 0 Å². The van der Waals surface area contributed by atoms with Crippen molar-refractivity contribution >= 4 is 17.5 Å². The number of nitrogens with zero attached hydrogens (tertiary/aromatic N) is 1. The average Bonchev–Trinajstić information content (AvgIpc) is 2.28. The molecule has 5 heteroatoms. The molecule has 1 aromatic rings. The van der Waals surface area contributed by atoms with Gasteiger partial charge in [0.1, 0.15) is 0 Å². The number of rotatable bonds is 3. The van der Waals surface area contributed by atoms with E-state index in [9.17, 15) is 9.59 Å². The molecule has 0 unspecified atom stereocenters. The first kappa shape index (κ1) is 12.0. The summed E-state index contributed by atoms with van der Waals surface area (Å²) < 4.78 is 0. The zero-order valence-electron chi connectivity index (χ0n) is 9.36. The molecule has 0 bridgehead atoms. The maximum Gasteiger partial charge on any atom is 0.254 e. The van der Waals surface area contributed by atoms with Crippen molar-refractivity contribution in [3.63, 3.8) is 0 Å². The molecule has 1 rings (SSSR count). The lowest BCUT2D eigenvalue weighted by molar-refractivity contribution is -0.121. The fourth-order valence-electron chi connectivity index (χ4n) is 1.21. The monoisotopic (exact) mass is 221 g/mol. The third kappa shape index (κ3) is 2.98. The number of carbonyl (C=O) groups is 2. The Bertz CT molecular complexity index is 387. The van der Waals surface area contributed by atoms with Gasteiger partial charge in [0.05, 0.1) is 6.54 Å². The summed E-state index contributed by atoms with van der Waals surface area (Å²) >= 11 is 0. The molecule has 0 aliphatic rings. The molecule has 0 fully saturated rings. The van der Waals surface area contributed by atoms with Crippen molar-refractivity contribution in [2.24, 2.45) is 0 Å². The average molecular weight is 221 g/mol. The largest absolute Gasteiger partial charge is 0.399 e. The predicted octanol–water partition coefficient (Wildman–Crippen LogP) is 0.0868. The van der Waals surface area contributed by atoms with Gasteiger partial charge in [-0.2, -0.15) is 0 Å². The van der Waals surface area contributed by atoms with E-state index in [1.807, 2.05) is 0 Å². The molecule has 0 aromatic heterocycles. The second kappa shape index (κ2) is 5.16. The third-order valence-electron chi connectivity index (χ3n) is 2.16. The maximum atomic E-state index is 11.8. The Kier molecular flexibility index (Phi) is 3.88. The van der Waals surface area contributed by atoms with Crippen molar-refractivity contribution in [1.82, 2.24) is 10.2 Å². The highest BCUT2D eigenvalue weighted by atomic mass is 16.2. The van der Waals surface area contributed by atoms with Crippen molar-refractivity contribution < 1.29 is 9.59 Å². The number of carbonyl (C=O) groups excluding carboxylic acids is 2. The van der Waals surface area contributed by atoms with E-state index in [0.29, 0.717) is 11.3 Å². The molecule has 2 amide bonds. The highest BCUT2D eigenvalue weighted by molar-refractivity contribution is 5.96. The van der Waals surface area contributed by atoms with Crippen molar-refractivity contribution in [3.05, 3.63) is 29.8 Å². The minimum Gasteiger partial charge on any atom is -0.399 e. The van der Waals surface area contributed by atoms with Gasteiger partial charge in [-0.1, -0.05) is 0 Å². The second-order valence-electron chi connectivity index (χ2n) is 3.46. The van der Waals surface area contributed by atoms with Crippen LogP contribution in [-0.2, 0) is 4.79 Å². The summed E-state index contributed by atoms with van der Waals surface area (Å²) in [6.07, 6.45) is 0. The zero-order valence-corrected chi connectivity index (χ0v) is 9.36. The number of anilines is 1. The van der Waals surface area contributed by atoms with Crippen molar-refractivity contribution in [2.45, 2.75) is 0 Å². The number of nitrogens with two attached hydrogens (primary N) is 1. The zero-order chi connectivity index (χ0) is 12.1. The van der Waals surface area contributed by atoms with E-state index in [2.05, 4.69) is 5.32 Å². The van der Waals surface area contributed by atoms with E-state index in [0.717, 1.165) is 0 Å². The van der Waals surface area contributed by atoms with Crippen LogP contribution in [0, 0.1) is 0 Å². The summed E-state index contributed by atoms with van der Waals surface area (Å²) in [4.78, 5) is 24.3. The second-order valence-corrected chi connectivity index (χ2v) is 3.46. The molecule has 0 radical (unpaired) electrons. The summed E-state index contributed by atoms with van der Waals surface area (Å²) in [5, 5.41) is 2.46. The van der Waals surface area contributed by atoms with Crippen molar-refractivity contribution in [1.29, 1.82) is 0 Å². The van der Waals surface area contributed by atoms with Crippen LogP contribution in [0.5, 0.6) is 0 Å². The Morgan fingerprint density at radius 2 is 1.88 bits per heavy atom. The van der Waals surface area contributed by atoms with Crippen LogP contribution in [0.2, 0.25) is 0 Å². The van der Waals surface area contributed by atoms with Crippen LogP contribution in [0.4, 0.5) is 5.69 Å². The van der Waals surface area contributed by atoms with Crippen LogP contribution in [0.1, 0.15) is 10.4 Å². The highest BCUT2D eigenvalue weighted by Crippen LogP contribution is 2.07. The van der Waals surface area contributed by atoms with E-state index in [-0.39, 0.29) is 18.4 Å². The summed E-state index contributed by atoms with van der Waals surface area (Å²) in [6.45, 7) is 0.0414. The topological polar surface area (TPSA) is 75.4 Å². The first-order valence-corrected chi connectivity index (χ1v) is 4.86. The van der Waals surface area contributed by atoms with Gasteiger partial charge in [0.15, 0.2) is 0 Å². The van der Waals surface area contributed by atoms with Gasteiger partial charge in [-0.3, -0.25) is 9.59 Å². The fraction of sp³-hybridized carbons (Fsp3) is 0.273. The van der Waals surface area contributed by atoms with Gasteiger partial charge >= 0.3 is 0 Å². The molecule has 0 spiro atoms.